The van der Waals surface area contributed by atoms with E-state index in [-0.39, 0.29) is 18.1 Å². The van der Waals surface area contributed by atoms with Gasteiger partial charge in [-0.25, -0.2) is 4.98 Å². The van der Waals surface area contributed by atoms with Gasteiger partial charge in [-0.3, -0.25) is 4.79 Å². The lowest BCUT2D eigenvalue weighted by Crippen LogP contribution is -2.48. The first kappa shape index (κ1) is 15.2. The van der Waals surface area contributed by atoms with Crippen molar-refractivity contribution in [3.05, 3.63) is 40.9 Å². The number of morpholine rings is 1. The topological polar surface area (TPSA) is 42.4 Å². The first-order chi connectivity index (χ1) is 10.5. The van der Waals surface area contributed by atoms with Gasteiger partial charge >= 0.3 is 0 Å². The number of nitrogens with zero attached hydrogens (tertiary/aromatic N) is 2. The highest BCUT2D eigenvalue weighted by molar-refractivity contribution is 7.13. The second kappa shape index (κ2) is 6.18. The van der Waals surface area contributed by atoms with E-state index in [1.54, 1.807) is 0 Å². The highest BCUT2D eigenvalue weighted by Gasteiger charge is 2.27. The van der Waals surface area contributed by atoms with E-state index < -0.39 is 0 Å². The van der Waals surface area contributed by atoms with Crippen LogP contribution in [0.4, 0.5) is 0 Å². The lowest BCUT2D eigenvalue weighted by molar-refractivity contribution is -0.0587. The van der Waals surface area contributed by atoms with Crippen LogP contribution in [-0.4, -0.2) is 41.1 Å². The molecular weight excluding hydrogens is 296 g/mol. The average molecular weight is 316 g/mol. The average Bonchev–Trinajstić information content (AvgIpc) is 2.96. The lowest BCUT2D eigenvalue weighted by Gasteiger charge is -2.34. The van der Waals surface area contributed by atoms with E-state index in [4.69, 9.17) is 4.74 Å². The molecule has 4 nitrogen and oxygen atoms in total. The van der Waals surface area contributed by atoms with Crippen molar-refractivity contribution < 1.29 is 9.53 Å². The first-order valence-electron chi connectivity index (χ1n) is 7.50. The zero-order valence-corrected chi connectivity index (χ0v) is 13.9. The molecule has 2 aromatic rings. The highest BCUT2D eigenvalue weighted by Crippen LogP contribution is 2.25. The summed E-state index contributed by atoms with van der Waals surface area (Å²) in [6, 6.07) is 8.20. The second-order valence-electron chi connectivity index (χ2n) is 5.87. The Hall–Kier alpha value is -1.72. The van der Waals surface area contributed by atoms with Gasteiger partial charge in [0.2, 0.25) is 0 Å². The Balaban J connectivity index is 1.78. The van der Waals surface area contributed by atoms with Crippen LogP contribution in [0, 0.1) is 6.92 Å². The van der Waals surface area contributed by atoms with Crippen LogP contribution in [0.3, 0.4) is 0 Å². The molecule has 2 atom stereocenters. The molecule has 0 saturated carbocycles. The van der Waals surface area contributed by atoms with E-state index in [2.05, 4.69) is 24.0 Å². The largest absolute Gasteiger partial charge is 0.372 e. The van der Waals surface area contributed by atoms with Crippen molar-refractivity contribution in [2.24, 2.45) is 0 Å². The second-order valence-corrected chi connectivity index (χ2v) is 6.73. The molecule has 2 heterocycles. The molecule has 116 valence electrons. The Morgan fingerprint density at radius 1 is 1.23 bits per heavy atom. The van der Waals surface area contributed by atoms with E-state index in [9.17, 15) is 4.79 Å². The third kappa shape index (κ3) is 3.20. The van der Waals surface area contributed by atoms with Gasteiger partial charge in [-0.15, -0.1) is 11.3 Å². The van der Waals surface area contributed by atoms with Gasteiger partial charge in [0.1, 0.15) is 10.7 Å². The van der Waals surface area contributed by atoms with Crippen LogP contribution in [0.2, 0.25) is 0 Å². The number of aromatic nitrogens is 1. The van der Waals surface area contributed by atoms with Crippen molar-refractivity contribution in [1.82, 2.24) is 9.88 Å². The van der Waals surface area contributed by atoms with Crippen LogP contribution in [0.15, 0.2) is 29.6 Å². The van der Waals surface area contributed by atoms with E-state index in [0.717, 1.165) is 10.6 Å². The van der Waals surface area contributed by atoms with Gasteiger partial charge in [0.05, 0.1) is 12.2 Å². The number of rotatable bonds is 2. The number of amides is 1. The van der Waals surface area contributed by atoms with Crippen LogP contribution >= 0.6 is 11.3 Å². The highest BCUT2D eigenvalue weighted by atomic mass is 32.1. The minimum atomic E-state index is -0.00314. The Morgan fingerprint density at radius 2 is 1.86 bits per heavy atom. The standard InChI is InChI=1S/C17H20N2O2S/c1-11-4-6-14(7-5-11)16-18-15(10-22-16)17(20)19-8-12(2)21-13(3)9-19/h4-7,10,12-13H,8-9H2,1-3H3/t12-,13-/m0/s1. The summed E-state index contributed by atoms with van der Waals surface area (Å²) in [5.41, 5.74) is 2.80. The van der Waals surface area contributed by atoms with Gasteiger partial charge in [0, 0.05) is 24.0 Å². The molecule has 5 heteroatoms. The number of benzene rings is 1. The predicted octanol–water partition coefficient (Wildman–Crippen LogP) is 3.37. The van der Waals surface area contributed by atoms with Gasteiger partial charge in [-0.2, -0.15) is 0 Å². The minimum Gasteiger partial charge on any atom is -0.372 e. The summed E-state index contributed by atoms with van der Waals surface area (Å²) in [6.07, 6.45) is 0.144. The van der Waals surface area contributed by atoms with Crippen molar-refractivity contribution in [1.29, 1.82) is 0 Å². The Bertz CT molecular complexity index is 656. The van der Waals surface area contributed by atoms with E-state index in [1.807, 2.05) is 36.3 Å². The van der Waals surface area contributed by atoms with Crippen LogP contribution in [0.25, 0.3) is 10.6 Å². The Morgan fingerprint density at radius 3 is 2.50 bits per heavy atom. The molecule has 1 aromatic carbocycles. The van der Waals surface area contributed by atoms with Crippen LogP contribution in [-0.2, 0) is 4.74 Å². The molecular formula is C17H20N2O2S. The van der Waals surface area contributed by atoms with Crippen LogP contribution < -0.4 is 0 Å². The zero-order chi connectivity index (χ0) is 15.7. The summed E-state index contributed by atoms with van der Waals surface area (Å²) in [7, 11) is 0. The van der Waals surface area contributed by atoms with Gasteiger partial charge in [0.25, 0.3) is 5.91 Å². The van der Waals surface area contributed by atoms with Crippen LogP contribution in [0.1, 0.15) is 29.9 Å². The molecule has 1 aromatic heterocycles. The number of ether oxygens (including phenoxy) is 1. The number of carbonyl (C=O) groups excluding carboxylic acids is 1. The minimum absolute atomic E-state index is 0.00314. The molecule has 1 fully saturated rings. The van der Waals surface area contributed by atoms with Gasteiger partial charge in [0.15, 0.2) is 0 Å². The smallest absolute Gasteiger partial charge is 0.273 e. The SMILES string of the molecule is Cc1ccc(-c2nc(C(=O)N3C[C@H](C)O[C@@H](C)C3)cs2)cc1. The van der Waals surface area contributed by atoms with Crippen molar-refractivity contribution in [3.63, 3.8) is 0 Å². The van der Waals surface area contributed by atoms with Crippen molar-refractivity contribution in [3.8, 4) is 10.6 Å². The molecule has 1 aliphatic heterocycles. The van der Waals surface area contributed by atoms with Crippen molar-refractivity contribution in [2.75, 3.05) is 13.1 Å². The third-order valence-corrected chi connectivity index (χ3v) is 4.62. The fourth-order valence-corrected chi connectivity index (χ4v) is 3.51. The predicted molar refractivity (Wildman–Crippen MR) is 88.2 cm³/mol. The summed E-state index contributed by atoms with van der Waals surface area (Å²) in [4.78, 5) is 19.0. The number of hydrogen-bond donors (Lipinski definition) is 0. The van der Waals surface area contributed by atoms with Gasteiger partial charge < -0.3 is 9.64 Å². The maximum absolute atomic E-state index is 12.6. The maximum Gasteiger partial charge on any atom is 0.273 e. The molecule has 1 saturated heterocycles. The molecule has 0 radical (unpaired) electrons. The van der Waals surface area contributed by atoms with Crippen molar-refractivity contribution >= 4 is 17.2 Å². The summed E-state index contributed by atoms with van der Waals surface area (Å²) in [5.74, 6) is -0.00314. The van der Waals surface area contributed by atoms with Crippen LogP contribution in [0.5, 0.6) is 0 Å². The van der Waals surface area contributed by atoms with E-state index in [0.29, 0.717) is 18.8 Å². The number of aryl methyl sites for hydroxylation is 1. The monoisotopic (exact) mass is 316 g/mol. The molecule has 0 N–H and O–H groups in total. The maximum atomic E-state index is 12.6. The molecule has 0 unspecified atom stereocenters. The molecule has 0 aliphatic carbocycles. The van der Waals surface area contributed by atoms with Gasteiger partial charge in [-0.1, -0.05) is 29.8 Å². The summed E-state index contributed by atoms with van der Waals surface area (Å²) in [6.45, 7) is 7.30. The summed E-state index contributed by atoms with van der Waals surface area (Å²) in [5, 5.41) is 2.74. The molecule has 0 spiro atoms. The Kier molecular flexibility index (Phi) is 4.27. The number of carbonyl (C=O) groups is 1. The molecule has 22 heavy (non-hydrogen) atoms. The number of hydrogen-bond acceptors (Lipinski definition) is 4. The number of thiazole rings is 1. The fourth-order valence-electron chi connectivity index (χ4n) is 2.71. The summed E-state index contributed by atoms with van der Waals surface area (Å²) < 4.78 is 5.68. The quantitative estimate of drug-likeness (QED) is 0.853. The van der Waals surface area contributed by atoms with E-state index >= 15 is 0 Å². The van der Waals surface area contributed by atoms with E-state index in [1.165, 1.54) is 16.9 Å². The first-order valence-corrected chi connectivity index (χ1v) is 8.38. The fraction of sp³-hybridized carbons (Fsp3) is 0.412. The third-order valence-electron chi connectivity index (χ3n) is 3.73. The normalized spacial score (nSPS) is 21.9. The lowest BCUT2D eigenvalue weighted by atomic mass is 10.2. The molecule has 3 rings (SSSR count). The Labute approximate surface area is 134 Å². The molecule has 1 amide bonds. The van der Waals surface area contributed by atoms with Crippen molar-refractivity contribution in [2.45, 2.75) is 33.0 Å². The zero-order valence-electron chi connectivity index (χ0n) is 13.1. The molecule has 0 bridgehead atoms. The van der Waals surface area contributed by atoms with Gasteiger partial charge in [-0.05, 0) is 20.8 Å². The summed E-state index contributed by atoms with van der Waals surface area (Å²) >= 11 is 1.51. The molecule has 1 aliphatic rings.